The van der Waals surface area contributed by atoms with E-state index in [1.807, 2.05) is 6.92 Å². The first-order valence-corrected chi connectivity index (χ1v) is 7.32. The Morgan fingerprint density at radius 2 is 1.89 bits per heavy atom. The second-order valence-corrected chi connectivity index (χ2v) is 6.19. The monoisotopic (exact) mass is 272 g/mol. The lowest BCUT2D eigenvalue weighted by Crippen LogP contribution is -2.24. The van der Waals surface area contributed by atoms with Crippen LogP contribution in [0.15, 0.2) is 29.2 Å². The fourth-order valence-corrected chi connectivity index (χ4v) is 2.66. The van der Waals surface area contributed by atoms with E-state index in [0.29, 0.717) is 12.1 Å². The molecule has 5 nitrogen and oxygen atoms in total. The van der Waals surface area contributed by atoms with Gasteiger partial charge in [0.25, 0.3) is 0 Å². The van der Waals surface area contributed by atoms with Crippen LogP contribution in [0.3, 0.4) is 0 Å². The third-order valence-electron chi connectivity index (χ3n) is 2.54. The molecule has 1 aromatic rings. The molecule has 18 heavy (non-hydrogen) atoms. The number of nitrogens with one attached hydrogen (secondary N) is 2. The summed E-state index contributed by atoms with van der Waals surface area (Å²) in [7, 11) is -2.10. The van der Waals surface area contributed by atoms with Crippen molar-refractivity contribution in [3.8, 4) is 0 Å². The van der Waals surface area contributed by atoms with Gasteiger partial charge in [-0.3, -0.25) is 0 Å². The minimum atomic E-state index is -3.48. The quantitative estimate of drug-likeness (QED) is 0.726. The van der Waals surface area contributed by atoms with Crippen molar-refractivity contribution in [3.05, 3.63) is 24.3 Å². The van der Waals surface area contributed by atoms with Crippen molar-refractivity contribution in [2.75, 3.05) is 12.4 Å². The van der Waals surface area contributed by atoms with Crippen LogP contribution in [0, 0.1) is 0 Å². The smallest absolute Gasteiger partial charge is 0.242 e. The van der Waals surface area contributed by atoms with Crippen molar-refractivity contribution >= 4 is 15.7 Å². The second-order valence-electron chi connectivity index (χ2n) is 4.33. The molecule has 1 aromatic carbocycles. The standard InChI is InChI=1S/C12H20N2O3S/c1-9(8-10(2)15)14-11-6-4-5-7-12(11)18(16,17)13-3/h4-7,9-10,13-15H,8H2,1-3H3. The maximum Gasteiger partial charge on any atom is 0.242 e. The number of aliphatic hydroxyl groups is 1. The molecular formula is C12H20N2O3S. The summed E-state index contributed by atoms with van der Waals surface area (Å²) < 4.78 is 25.9. The van der Waals surface area contributed by atoms with E-state index in [0.717, 1.165) is 0 Å². The summed E-state index contributed by atoms with van der Waals surface area (Å²) in [4.78, 5) is 0.213. The van der Waals surface area contributed by atoms with E-state index in [1.165, 1.54) is 7.05 Å². The van der Waals surface area contributed by atoms with Gasteiger partial charge < -0.3 is 10.4 Å². The SMILES string of the molecule is CNS(=O)(=O)c1ccccc1NC(C)CC(C)O. The van der Waals surface area contributed by atoms with E-state index in [4.69, 9.17) is 0 Å². The molecule has 0 spiro atoms. The zero-order valence-corrected chi connectivity index (χ0v) is 11.7. The molecule has 0 saturated heterocycles. The van der Waals surface area contributed by atoms with Gasteiger partial charge in [0, 0.05) is 6.04 Å². The minimum Gasteiger partial charge on any atom is -0.393 e. The van der Waals surface area contributed by atoms with Gasteiger partial charge in [-0.25, -0.2) is 13.1 Å². The molecule has 102 valence electrons. The molecule has 6 heteroatoms. The first-order chi connectivity index (χ1) is 8.36. The van der Waals surface area contributed by atoms with Crippen molar-refractivity contribution in [2.45, 2.75) is 37.3 Å². The Morgan fingerprint density at radius 3 is 2.44 bits per heavy atom. The molecular weight excluding hydrogens is 252 g/mol. The number of rotatable bonds is 6. The van der Waals surface area contributed by atoms with Crippen LogP contribution in [0.1, 0.15) is 20.3 Å². The van der Waals surface area contributed by atoms with Crippen molar-refractivity contribution < 1.29 is 13.5 Å². The van der Waals surface area contributed by atoms with Crippen LogP contribution < -0.4 is 10.0 Å². The summed E-state index contributed by atoms with van der Waals surface area (Å²) in [5.41, 5.74) is 0.542. The largest absolute Gasteiger partial charge is 0.393 e. The van der Waals surface area contributed by atoms with Gasteiger partial charge in [0.05, 0.1) is 11.8 Å². The van der Waals surface area contributed by atoms with Crippen LogP contribution in [-0.2, 0) is 10.0 Å². The first-order valence-electron chi connectivity index (χ1n) is 5.84. The van der Waals surface area contributed by atoms with Gasteiger partial charge in [-0.2, -0.15) is 0 Å². The van der Waals surface area contributed by atoms with E-state index in [1.54, 1.807) is 31.2 Å². The third-order valence-corrected chi connectivity index (χ3v) is 4.01. The second kappa shape index (κ2) is 6.17. The zero-order chi connectivity index (χ0) is 13.8. The van der Waals surface area contributed by atoms with E-state index < -0.39 is 16.1 Å². The maximum absolute atomic E-state index is 11.8. The molecule has 0 saturated carbocycles. The van der Waals surface area contributed by atoms with Crippen LogP contribution in [0.25, 0.3) is 0 Å². The van der Waals surface area contributed by atoms with Crippen LogP contribution in [0.4, 0.5) is 5.69 Å². The Morgan fingerprint density at radius 1 is 1.28 bits per heavy atom. The predicted molar refractivity (Wildman–Crippen MR) is 72.1 cm³/mol. The number of benzene rings is 1. The highest BCUT2D eigenvalue weighted by atomic mass is 32.2. The van der Waals surface area contributed by atoms with Gasteiger partial charge in [-0.05, 0) is 39.4 Å². The molecule has 0 radical (unpaired) electrons. The lowest BCUT2D eigenvalue weighted by Gasteiger charge is -2.19. The van der Waals surface area contributed by atoms with Crippen molar-refractivity contribution in [3.63, 3.8) is 0 Å². The third kappa shape index (κ3) is 3.97. The van der Waals surface area contributed by atoms with Crippen molar-refractivity contribution in [1.82, 2.24) is 4.72 Å². The number of hydrogen-bond donors (Lipinski definition) is 3. The van der Waals surface area contributed by atoms with Gasteiger partial charge in [0.15, 0.2) is 0 Å². The lowest BCUT2D eigenvalue weighted by molar-refractivity contribution is 0.179. The van der Waals surface area contributed by atoms with E-state index in [-0.39, 0.29) is 10.9 Å². The molecule has 0 fully saturated rings. The number of sulfonamides is 1. The van der Waals surface area contributed by atoms with Crippen molar-refractivity contribution in [1.29, 1.82) is 0 Å². The molecule has 0 aliphatic carbocycles. The summed E-state index contributed by atoms with van der Waals surface area (Å²) in [6.45, 7) is 3.60. The van der Waals surface area contributed by atoms with Crippen LogP contribution >= 0.6 is 0 Å². The molecule has 0 heterocycles. The van der Waals surface area contributed by atoms with E-state index in [9.17, 15) is 13.5 Å². The molecule has 0 aromatic heterocycles. The predicted octanol–water partition coefficient (Wildman–Crippen LogP) is 1.17. The van der Waals surface area contributed by atoms with Gasteiger partial charge >= 0.3 is 0 Å². The van der Waals surface area contributed by atoms with Crippen LogP contribution in [0.5, 0.6) is 0 Å². The van der Waals surface area contributed by atoms with Gasteiger partial charge in [0.2, 0.25) is 10.0 Å². The Kier molecular flexibility index (Phi) is 5.13. The molecule has 0 aliphatic heterocycles. The fourth-order valence-electron chi connectivity index (χ4n) is 1.77. The summed E-state index contributed by atoms with van der Waals surface area (Å²) in [6, 6.07) is 6.69. The number of anilines is 1. The normalized spacial score (nSPS) is 15.1. The number of hydrogen-bond acceptors (Lipinski definition) is 4. The van der Waals surface area contributed by atoms with Gasteiger partial charge in [0.1, 0.15) is 4.90 Å². The summed E-state index contributed by atoms with van der Waals surface area (Å²) >= 11 is 0. The molecule has 0 bridgehead atoms. The topological polar surface area (TPSA) is 78.4 Å². The molecule has 1 rings (SSSR count). The highest BCUT2D eigenvalue weighted by molar-refractivity contribution is 7.89. The summed E-state index contributed by atoms with van der Waals surface area (Å²) in [5, 5.41) is 12.4. The molecule has 2 atom stereocenters. The van der Waals surface area contributed by atoms with Gasteiger partial charge in [-0.1, -0.05) is 12.1 Å². The van der Waals surface area contributed by atoms with Crippen LogP contribution in [0.2, 0.25) is 0 Å². The Balaban J connectivity index is 2.97. The van der Waals surface area contributed by atoms with Crippen LogP contribution in [-0.4, -0.2) is 32.7 Å². The number of para-hydroxylation sites is 1. The van der Waals surface area contributed by atoms with E-state index >= 15 is 0 Å². The first kappa shape index (κ1) is 14.9. The van der Waals surface area contributed by atoms with Crippen molar-refractivity contribution in [2.24, 2.45) is 0 Å². The highest BCUT2D eigenvalue weighted by Gasteiger charge is 2.17. The fraction of sp³-hybridized carbons (Fsp3) is 0.500. The van der Waals surface area contributed by atoms with E-state index in [2.05, 4.69) is 10.0 Å². The Labute approximate surface area is 108 Å². The summed E-state index contributed by atoms with van der Waals surface area (Å²) in [5.74, 6) is 0. The summed E-state index contributed by atoms with van der Waals surface area (Å²) in [6.07, 6.45) is 0.120. The maximum atomic E-state index is 11.8. The average molecular weight is 272 g/mol. The minimum absolute atomic E-state index is 0.0155. The average Bonchev–Trinajstić information content (AvgIpc) is 2.28. The number of aliphatic hydroxyl groups excluding tert-OH is 1. The Hall–Kier alpha value is -1.11. The van der Waals surface area contributed by atoms with Gasteiger partial charge in [-0.15, -0.1) is 0 Å². The highest BCUT2D eigenvalue weighted by Crippen LogP contribution is 2.21. The molecule has 0 aliphatic rings. The molecule has 0 amide bonds. The lowest BCUT2D eigenvalue weighted by atomic mass is 10.1. The molecule has 3 N–H and O–H groups in total. The molecule has 2 unspecified atom stereocenters. The Bertz CT molecular complexity index is 486. The zero-order valence-electron chi connectivity index (χ0n) is 10.8.